The number of benzene rings is 2. The van der Waals surface area contributed by atoms with Gasteiger partial charge in [-0.2, -0.15) is 0 Å². The van der Waals surface area contributed by atoms with Crippen molar-refractivity contribution in [2.45, 2.75) is 32.4 Å². The lowest BCUT2D eigenvalue weighted by Crippen LogP contribution is -2.42. The second-order valence-electron chi connectivity index (χ2n) is 8.41. The van der Waals surface area contributed by atoms with Crippen LogP contribution in [-0.4, -0.2) is 59.4 Å². The summed E-state index contributed by atoms with van der Waals surface area (Å²) in [6.45, 7) is 4.20. The zero-order valence-electron chi connectivity index (χ0n) is 18.8. The average molecular weight is 448 g/mol. The van der Waals surface area contributed by atoms with Gasteiger partial charge in [0.1, 0.15) is 6.54 Å². The van der Waals surface area contributed by atoms with Crippen molar-refractivity contribution in [1.82, 2.24) is 14.8 Å². The fourth-order valence-corrected chi connectivity index (χ4v) is 4.13. The third kappa shape index (κ3) is 5.49. The monoisotopic (exact) mass is 447 g/mol. The van der Waals surface area contributed by atoms with Crippen molar-refractivity contribution >= 4 is 28.5 Å². The topological polar surface area (TPSA) is 80.6 Å². The number of hydrogen-bond donors (Lipinski definition) is 1. The van der Waals surface area contributed by atoms with E-state index in [0.717, 1.165) is 18.4 Å². The summed E-state index contributed by atoms with van der Waals surface area (Å²) in [5, 5.41) is 3.50. The molecule has 0 bridgehead atoms. The quantitative estimate of drug-likeness (QED) is 0.425. The minimum atomic E-state index is -0.627. The number of amides is 2. The summed E-state index contributed by atoms with van der Waals surface area (Å²) >= 11 is 0. The van der Waals surface area contributed by atoms with Crippen molar-refractivity contribution in [3.63, 3.8) is 0 Å². The fraction of sp³-hybridized carbons (Fsp3) is 0.346. The van der Waals surface area contributed by atoms with Crippen molar-refractivity contribution in [3.05, 3.63) is 71.9 Å². The van der Waals surface area contributed by atoms with Crippen molar-refractivity contribution in [2.24, 2.45) is 0 Å². The number of aryl methyl sites for hydroxylation is 1. The Morgan fingerprint density at radius 1 is 1.00 bits per heavy atom. The number of ketones is 1. The Kier molecular flexibility index (Phi) is 7.19. The first-order valence-corrected chi connectivity index (χ1v) is 11.4. The molecule has 2 amide bonds. The van der Waals surface area contributed by atoms with E-state index in [1.54, 1.807) is 15.7 Å². The molecule has 3 aromatic rings. The zero-order chi connectivity index (χ0) is 23.2. The number of morpholine rings is 1. The molecule has 0 aliphatic carbocycles. The molecule has 0 spiro atoms. The number of nitrogens with zero attached hydrogens (tertiary/aromatic N) is 2. The molecule has 2 heterocycles. The van der Waals surface area contributed by atoms with Gasteiger partial charge in [-0.3, -0.25) is 14.4 Å². The number of nitrogens with one attached hydrogen (secondary N) is 1. The van der Waals surface area contributed by atoms with Gasteiger partial charge in [-0.05, 0) is 31.4 Å². The molecule has 1 aliphatic rings. The van der Waals surface area contributed by atoms with E-state index in [2.05, 4.69) is 5.32 Å². The first kappa shape index (κ1) is 22.7. The summed E-state index contributed by atoms with van der Waals surface area (Å²) in [6.07, 6.45) is 3.18. The van der Waals surface area contributed by atoms with Crippen LogP contribution in [0, 0.1) is 0 Å². The van der Waals surface area contributed by atoms with E-state index in [0.29, 0.717) is 37.3 Å². The lowest BCUT2D eigenvalue weighted by molar-refractivity contribution is -0.135. The van der Waals surface area contributed by atoms with Crippen LogP contribution in [-0.2, 0) is 27.3 Å². The van der Waals surface area contributed by atoms with Crippen LogP contribution in [0.5, 0.6) is 0 Å². The Bertz CT molecular complexity index is 1130. The maximum absolute atomic E-state index is 13.0. The van der Waals surface area contributed by atoms with Crippen LogP contribution in [0.1, 0.15) is 29.3 Å². The summed E-state index contributed by atoms with van der Waals surface area (Å²) in [4.78, 5) is 40.3. The molecule has 1 atom stereocenters. The number of rotatable bonds is 8. The first-order chi connectivity index (χ1) is 16.0. The molecule has 1 aromatic heterocycles. The van der Waals surface area contributed by atoms with E-state index in [1.807, 2.05) is 61.5 Å². The van der Waals surface area contributed by atoms with E-state index >= 15 is 0 Å². The maximum Gasteiger partial charge on any atom is 0.292 e. The summed E-state index contributed by atoms with van der Waals surface area (Å²) < 4.78 is 7.07. The van der Waals surface area contributed by atoms with Crippen LogP contribution in [0.2, 0.25) is 0 Å². The van der Waals surface area contributed by atoms with Crippen LogP contribution in [0.15, 0.2) is 60.8 Å². The second-order valence-corrected chi connectivity index (χ2v) is 8.41. The number of carbonyl (C=O) groups excluding carboxylic acids is 3. The number of ether oxygens (including phenoxy) is 1. The highest BCUT2D eigenvalue weighted by Gasteiger charge is 2.24. The molecule has 2 aromatic carbocycles. The third-order valence-corrected chi connectivity index (χ3v) is 6.00. The van der Waals surface area contributed by atoms with E-state index in [1.165, 1.54) is 5.56 Å². The standard InChI is InChI=1S/C26H29N3O4/c1-19(11-12-20-7-3-2-4-8-20)27-26(32)25(31)22-17-29(23-10-6-5-9-21(22)23)18-24(30)28-13-15-33-16-14-28/h2-10,17,19H,11-16,18H2,1H3,(H,27,32)/t19-/m1/s1. The normalized spacial score (nSPS) is 14.8. The predicted octanol–water partition coefficient (Wildman–Crippen LogP) is 2.82. The molecule has 33 heavy (non-hydrogen) atoms. The molecule has 1 fully saturated rings. The molecule has 0 radical (unpaired) electrons. The van der Waals surface area contributed by atoms with Crippen molar-refractivity contribution in [2.75, 3.05) is 26.3 Å². The Hall–Kier alpha value is -3.45. The molecular formula is C26H29N3O4. The largest absolute Gasteiger partial charge is 0.378 e. The van der Waals surface area contributed by atoms with Crippen LogP contribution in [0.3, 0.4) is 0 Å². The highest BCUT2D eigenvalue weighted by atomic mass is 16.5. The Balaban J connectivity index is 1.45. The van der Waals surface area contributed by atoms with Gasteiger partial charge in [-0.25, -0.2) is 0 Å². The molecule has 1 aliphatic heterocycles. The van der Waals surface area contributed by atoms with Crippen molar-refractivity contribution in [3.8, 4) is 0 Å². The van der Waals surface area contributed by atoms with Gasteiger partial charge in [-0.15, -0.1) is 0 Å². The van der Waals surface area contributed by atoms with Crippen LogP contribution in [0.4, 0.5) is 0 Å². The highest BCUT2D eigenvalue weighted by molar-refractivity contribution is 6.45. The number of carbonyl (C=O) groups is 3. The van der Waals surface area contributed by atoms with Gasteiger partial charge < -0.3 is 19.5 Å². The van der Waals surface area contributed by atoms with Crippen molar-refractivity contribution < 1.29 is 19.1 Å². The molecule has 0 unspecified atom stereocenters. The van der Waals surface area contributed by atoms with E-state index in [-0.39, 0.29) is 18.5 Å². The lowest BCUT2D eigenvalue weighted by Gasteiger charge is -2.27. The predicted molar refractivity (Wildman–Crippen MR) is 126 cm³/mol. The van der Waals surface area contributed by atoms with Gasteiger partial charge in [0.25, 0.3) is 11.7 Å². The van der Waals surface area contributed by atoms with E-state index in [4.69, 9.17) is 4.74 Å². The zero-order valence-corrected chi connectivity index (χ0v) is 18.8. The number of aromatic nitrogens is 1. The summed E-state index contributed by atoms with van der Waals surface area (Å²) in [6, 6.07) is 17.3. The molecule has 0 saturated carbocycles. The molecule has 172 valence electrons. The van der Waals surface area contributed by atoms with Crippen LogP contribution >= 0.6 is 0 Å². The molecule has 7 nitrogen and oxygen atoms in total. The molecule has 1 N–H and O–H groups in total. The van der Waals surface area contributed by atoms with Crippen molar-refractivity contribution in [1.29, 1.82) is 0 Å². The molecular weight excluding hydrogens is 418 g/mol. The summed E-state index contributed by atoms with van der Waals surface area (Å²) in [5.74, 6) is -1.25. The van der Waals surface area contributed by atoms with E-state index < -0.39 is 11.7 Å². The SMILES string of the molecule is C[C@H](CCc1ccccc1)NC(=O)C(=O)c1cn(CC(=O)N2CCOCC2)c2ccccc12. The Morgan fingerprint density at radius 2 is 1.70 bits per heavy atom. The number of Topliss-reactive ketones (excluding diaryl/α,β-unsaturated/α-hetero) is 1. The van der Waals surface area contributed by atoms with E-state index in [9.17, 15) is 14.4 Å². The smallest absolute Gasteiger partial charge is 0.292 e. The fourth-order valence-electron chi connectivity index (χ4n) is 4.13. The van der Waals surface area contributed by atoms with Gasteiger partial charge in [0.15, 0.2) is 0 Å². The summed E-state index contributed by atoms with van der Waals surface area (Å²) in [5.41, 5.74) is 2.26. The Morgan fingerprint density at radius 3 is 2.45 bits per heavy atom. The van der Waals surface area contributed by atoms with Gasteiger partial charge in [0.2, 0.25) is 5.91 Å². The number of fused-ring (bicyclic) bond motifs is 1. The number of hydrogen-bond acceptors (Lipinski definition) is 4. The van der Waals surface area contributed by atoms with Gasteiger partial charge >= 0.3 is 0 Å². The van der Waals surface area contributed by atoms with Gasteiger partial charge in [-0.1, -0.05) is 48.5 Å². The van der Waals surface area contributed by atoms with Gasteiger partial charge in [0, 0.05) is 36.2 Å². The number of para-hydroxylation sites is 1. The van der Waals surface area contributed by atoms with Crippen LogP contribution < -0.4 is 5.32 Å². The lowest BCUT2D eigenvalue weighted by atomic mass is 10.1. The second kappa shape index (κ2) is 10.4. The highest BCUT2D eigenvalue weighted by Crippen LogP contribution is 2.22. The minimum Gasteiger partial charge on any atom is -0.378 e. The summed E-state index contributed by atoms with van der Waals surface area (Å²) in [7, 11) is 0. The minimum absolute atomic E-state index is 0.0305. The third-order valence-electron chi connectivity index (χ3n) is 6.00. The maximum atomic E-state index is 13.0. The average Bonchev–Trinajstić information content (AvgIpc) is 3.21. The van der Waals surface area contributed by atoms with Gasteiger partial charge in [0.05, 0.1) is 18.8 Å². The molecule has 4 rings (SSSR count). The molecule has 7 heteroatoms. The molecule has 1 saturated heterocycles. The Labute approximate surface area is 193 Å². The van der Waals surface area contributed by atoms with Crippen LogP contribution in [0.25, 0.3) is 10.9 Å². The first-order valence-electron chi connectivity index (χ1n) is 11.4.